The van der Waals surface area contributed by atoms with E-state index in [2.05, 4.69) is 15.9 Å². The molecule has 0 atom stereocenters. The van der Waals surface area contributed by atoms with E-state index in [1.165, 1.54) is 18.9 Å². The number of ether oxygens (including phenoxy) is 1. The van der Waals surface area contributed by atoms with E-state index in [0.717, 1.165) is 17.9 Å². The van der Waals surface area contributed by atoms with Gasteiger partial charge in [0, 0.05) is 23.0 Å². The third-order valence-corrected chi connectivity index (χ3v) is 3.17. The van der Waals surface area contributed by atoms with Gasteiger partial charge >= 0.3 is 0 Å². The highest BCUT2D eigenvalue weighted by atomic mass is 79.9. The molecule has 1 aromatic carbocycles. The van der Waals surface area contributed by atoms with Crippen molar-refractivity contribution in [1.82, 2.24) is 0 Å². The molecule has 1 aliphatic carbocycles. The number of nitro groups is 1. The van der Waals surface area contributed by atoms with Gasteiger partial charge in [-0.25, -0.2) is 0 Å². The molecule has 1 aromatic rings. The maximum Gasteiger partial charge on any atom is 0.270 e. The maximum absolute atomic E-state index is 10.6. The minimum absolute atomic E-state index is 0.105. The average molecular weight is 286 g/mol. The highest BCUT2D eigenvalue weighted by molar-refractivity contribution is 9.08. The van der Waals surface area contributed by atoms with Crippen molar-refractivity contribution >= 4 is 21.6 Å². The van der Waals surface area contributed by atoms with E-state index in [0.29, 0.717) is 11.2 Å². The third kappa shape index (κ3) is 2.72. The molecule has 0 heterocycles. The van der Waals surface area contributed by atoms with Crippen molar-refractivity contribution < 1.29 is 9.66 Å². The topological polar surface area (TPSA) is 52.4 Å². The summed E-state index contributed by atoms with van der Waals surface area (Å²) in [5.74, 6) is 1.42. The monoisotopic (exact) mass is 285 g/mol. The Morgan fingerprint density at radius 2 is 2.25 bits per heavy atom. The summed E-state index contributed by atoms with van der Waals surface area (Å²) < 4.78 is 5.63. The molecule has 0 amide bonds. The molecule has 5 heteroatoms. The molecule has 1 fully saturated rings. The lowest BCUT2D eigenvalue weighted by molar-refractivity contribution is -0.384. The van der Waals surface area contributed by atoms with Crippen LogP contribution in [0, 0.1) is 16.0 Å². The van der Waals surface area contributed by atoms with Gasteiger partial charge in [-0.2, -0.15) is 0 Å². The SMILES string of the molecule is O=[N+]([O-])c1ccc(OCC2CC2)c(CBr)c1. The van der Waals surface area contributed by atoms with Crippen molar-refractivity contribution in [2.45, 2.75) is 18.2 Å². The van der Waals surface area contributed by atoms with Gasteiger partial charge in [-0.1, -0.05) is 15.9 Å². The van der Waals surface area contributed by atoms with Crippen LogP contribution in [0.15, 0.2) is 18.2 Å². The Morgan fingerprint density at radius 1 is 1.50 bits per heavy atom. The summed E-state index contributed by atoms with van der Waals surface area (Å²) in [5, 5.41) is 11.2. The van der Waals surface area contributed by atoms with Gasteiger partial charge in [-0.3, -0.25) is 10.1 Å². The van der Waals surface area contributed by atoms with Crippen molar-refractivity contribution in [3.8, 4) is 5.75 Å². The van der Waals surface area contributed by atoms with Crippen molar-refractivity contribution in [1.29, 1.82) is 0 Å². The second-order valence-corrected chi connectivity index (χ2v) is 4.50. The van der Waals surface area contributed by atoms with E-state index in [-0.39, 0.29) is 5.69 Å². The van der Waals surface area contributed by atoms with Crippen LogP contribution in [0.3, 0.4) is 0 Å². The molecule has 16 heavy (non-hydrogen) atoms. The molecule has 0 radical (unpaired) electrons. The molecular formula is C11H12BrNO3. The fourth-order valence-electron chi connectivity index (χ4n) is 1.42. The zero-order valence-corrected chi connectivity index (χ0v) is 10.3. The Morgan fingerprint density at radius 3 is 2.81 bits per heavy atom. The second-order valence-electron chi connectivity index (χ2n) is 3.94. The number of nitro benzene ring substituents is 1. The minimum Gasteiger partial charge on any atom is -0.493 e. The first-order valence-electron chi connectivity index (χ1n) is 5.17. The van der Waals surface area contributed by atoms with Gasteiger partial charge in [-0.05, 0) is 24.8 Å². The van der Waals surface area contributed by atoms with Crippen LogP contribution in [0.1, 0.15) is 18.4 Å². The number of nitrogens with zero attached hydrogens (tertiary/aromatic N) is 1. The van der Waals surface area contributed by atoms with Gasteiger partial charge in [0.2, 0.25) is 0 Å². The predicted octanol–water partition coefficient (Wildman–Crippen LogP) is 3.28. The van der Waals surface area contributed by atoms with Crippen LogP contribution in [0.4, 0.5) is 5.69 Å². The van der Waals surface area contributed by atoms with E-state index in [9.17, 15) is 10.1 Å². The van der Waals surface area contributed by atoms with Gasteiger partial charge in [0.05, 0.1) is 11.5 Å². The molecule has 0 aliphatic heterocycles. The molecule has 1 aliphatic rings. The lowest BCUT2D eigenvalue weighted by Crippen LogP contribution is -2.01. The molecule has 0 aromatic heterocycles. The summed E-state index contributed by atoms with van der Waals surface area (Å²) in [6.07, 6.45) is 2.47. The summed E-state index contributed by atoms with van der Waals surface area (Å²) in [4.78, 5) is 10.2. The Labute approximate surface area is 102 Å². The quantitative estimate of drug-likeness (QED) is 0.474. The minimum atomic E-state index is -0.392. The largest absolute Gasteiger partial charge is 0.493 e. The Bertz CT molecular complexity index is 404. The van der Waals surface area contributed by atoms with Gasteiger partial charge in [0.15, 0.2) is 0 Å². The maximum atomic E-state index is 10.6. The van der Waals surface area contributed by atoms with Crippen LogP contribution in [0.25, 0.3) is 0 Å². The number of hydrogen-bond acceptors (Lipinski definition) is 3. The van der Waals surface area contributed by atoms with E-state index < -0.39 is 4.92 Å². The van der Waals surface area contributed by atoms with Crippen LogP contribution in [0.2, 0.25) is 0 Å². The molecular weight excluding hydrogens is 274 g/mol. The van der Waals surface area contributed by atoms with Gasteiger partial charge in [-0.15, -0.1) is 0 Å². The molecule has 1 saturated carbocycles. The predicted molar refractivity (Wildman–Crippen MR) is 63.9 cm³/mol. The summed E-state index contributed by atoms with van der Waals surface area (Å²) >= 11 is 3.31. The second kappa shape index (κ2) is 4.82. The number of rotatable bonds is 5. The first kappa shape index (κ1) is 11.4. The zero-order chi connectivity index (χ0) is 11.5. The van der Waals surface area contributed by atoms with Crippen LogP contribution in [0.5, 0.6) is 5.75 Å². The molecule has 0 N–H and O–H groups in total. The molecule has 0 unspecified atom stereocenters. The Kier molecular flexibility index (Phi) is 3.43. The van der Waals surface area contributed by atoms with E-state index in [4.69, 9.17) is 4.74 Å². The normalized spacial score (nSPS) is 14.8. The van der Waals surface area contributed by atoms with E-state index >= 15 is 0 Å². The summed E-state index contributed by atoms with van der Waals surface area (Å²) in [6.45, 7) is 0.720. The number of benzene rings is 1. The van der Waals surface area contributed by atoms with Crippen LogP contribution in [-0.2, 0) is 5.33 Å². The molecule has 0 spiro atoms. The van der Waals surface area contributed by atoms with E-state index in [1.807, 2.05) is 0 Å². The molecule has 86 valence electrons. The molecule has 2 rings (SSSR count). The third-order valence-electron chi connectivity index (χ3n) is 2.57. The van der Waals surface area contributed by atoms with Crippen molar-refractivity contribution in [2.75, 3.05) is 6.61 Å². The number of halogens is 1. The molecule has 0 saturated heterocycles. The van der Waals surface area contributed by atoms with Crippen LogP contribution in [-0.4, -0.2) is 11.5 Å². The van der Waals surface area contributed by atoms with Crippen LogP contribution >= 0.6 is 15.9 Å². The number of alkyl halides is 1. The summed E-state index contributed by atoms with van der Waals surface area (Å²) in [6, 6.07) is 4.71. The van der Waals surface area contributed by atoms with Gasteiger partial charge in [0.1, 0.15) is 5.75 Å². The highest BCUT2D eigenvalue weighted by Gasteiger charge is 2.22. The first-order valence-corrected chi connectivity index (χ1v) is 6.29. The molecule has 4 nitrogen and oxygen atoms in total. The highest BCUT2D eigenvalue weighted by Crippen LogP contribution is 2.31. The zero-order valence-electron chi connectivity index (χ0n) is 8.69. The summed E-state index contributed by atoms with van der Waals surface area (Å²) in [5.41, 5.74) is 0.933. The lowest BCUT2D eigenvalue weighted by Gasteiger charge is -2.09. The lowest BCUT2D eigenvalue weighted by atomic mass is 10.2. The fourth-order valence-corrected chi connectivity index (χ4v) is 1.86. The average Bonchev–Trinajstić information content (AvgIpc) is 3.09. The number of non-ortho nitro benzene ring substituents is 1. The van der Waals surface area contributed by atoms with Crippen molar-refractivity contribution in [3.63, 3.8) is 0 Å². The summed E-state index contributed by atoms with van der Waals surface area (Å²) in [7, 11) is 0. The fraction of sp³-hybridized carbons (Fsp3) is 0.455. The smallest absolute Gasteiger partial charge is 0.270 e. The first-order chi connectivity index (χ1) is 7.70. The number of hydrogen-bond donors (Lipinski definition) is 0. The standard InChI is InChI=1S/C11H12BrNO3/c12-6-9-5-10(13(14)15)3-4-11(9)16-7-8-1-2-8/h3-5,8H,1-2,6-7H2. The Hall–Kier alpha value is -1.10. The van der Waals surface area contributed by atoms with Crippen LogP contribution < -0.4 is 4.74 Å². The van der Waals surface area contributed by atoms with Gasteiger partial charge in [0.25, 0.3) is 5.69 Å². The van der Waals surface area contributed by atoms with E-state index in [1.54, 1.807) is 12.1 Å². The van der Waals surface area contributed by atoms with Crippen molar-refractivity contribution in [3.05, 3.63) is 33.9 Å². The van der Waals surface area contributed by atoms with Crippen molar-refractivity contribution in [2.24, 2.45) is 5.92 Å². The Balaban J connectivity index is 2.12. The van der Waals surface area contributed by atoms with Gasteiger partial charge < -0.3 is 4.74 Å². The molecule has 0 bridgehead atoms.